The summed E-state index contributed by atoms with van der Waals surface area (Å²) in [6.45, 7) is 2.24. The van der Waals surface area contributed by atoms with Gasteiger partial charge in [-0.3, -0.25) is 14.7 Å². The molecule has 1 N–H and O–H groups in total. The molecule has 126 valence electrons. The first-order chi connectivity index (χ1) is 11.8. The van der Waals surface area contributed by atoms with Crippen LogP contribution in [0, 0.1) is 5.92 Å². The fraction of sp³-hybridized carbons (Fsp3) is 0.471. The zero-order valence-electron chi connectivity index (χ0n) is 13.3. The van der Waals surface area contributed by atoms with E-state index in [4.69, 9.17) is 9.15 Å². The molecule has 0 radical (unpaired) electrons. The molecule has 4 heterocycles. The van der Waals surface area contributed by atoms with Crippen molar-refractivity contribution in [3.8, 4) is 0 Å². The van der Waals surface area contributed by atoms with Gasteiger partial charge in [0.15, 0.2) is 5.82 Å². The van der Waals surface area contributed by atoms with Gasteiger partial charge in [-0.2, -0.15) is 0 Å². The smallest absolute Gasteiger partial charge is 0.230 e. The third kappa shape index (κ3) is 3.18. The minimum atomic E-state index is -0.127. The average molecular weight is 328 g/mol. The summed E-state index contributed by atoms with van der Waals surface area (Å²) < 4.78 is 11.0. The lowest BCUT2D eigenvalue weighted by atomic mass is 9.89. The van der Waals surface area contributed by atoms with Gasteiger partial charge in [-0.1, -0.05) is 0 Å². The number of hydrogen-bond donors (Lipinski definition) is 1. The molecule has 3 atom stereocenters. The summed E-state index contributed by atoms with van der Waals surface area (Å²) in [5.74, 6) is 0.332. The van der Waals surface area contributed by atoms with Crippen molar-refractivity contribution >= 4 is 11.7 Å². The van der Waals surface area contributed by atoms with E-state index in [2.05, 4.69) is 20.2 Å². The van der Waals surface area contributed by atoms with Crippen LogP contribution >= 0.6 is 0 Å². The van der Waals surface area contributed by atoms with Crippen molar-refractivity contribution < 1.29 is 13.9 Å². The van der Waals surface area contributed by atoms with Gasteiger partial charge in [0.25, 0.3) is 0 Å². The number of hydrogen-bond acceptors (Lipinski definition) is 6. The van der Waals surface area contributed by atoms with E-state index in [9.17, 15) is 4.79 Å². The molecule has 2 aliphatic rings. The second-order valence-electron chi connectivity index (χ2n) is 6.34. The van der Waals surface area contributed by atoms with Crippen LogP contribution in [0.4, 0.5) is 5.82 Å². The van der Waals surface area contributed by atoms with Crippen LogP contribution in [0.2, 0.25) is 0 Å². The van der Waals surface area contributed by atoms with E-state index in [1.807, 2.05) is 6.07 Å². The highest BCUT2D eigenvalue weighted by atomic mass is 16.5. The van der Waals surface area contributed by atoms with Crippen LogP contribution in [-0.2, 0) is 16.1 Å². The topological polar surface area (TPSA) is 80.5 Å². The van der Waals surface area contributed by atoms with Crippen molar-refractivity contribution in [2.45, 2.75) is 31.5 Å². The van der Waals surface area contributed by atoms with Gasteiger partial charge < -0.3 is 14.5 Å². The summed E-state index contributed by atoms with van der Waals surface area (Å²) in [6, 6.07) is 2.34. The van der Waals surface area contributed by atoms with Crippen molar-refractivity contribution in [2.24, 2.45) is 5.92 Å². The lowest BCUT2D eigenvalue weighted by molar-refractivity contribution is -0.124. The van der Waals surface area contributed by atoms with Crippen LogP contribution in [0.25, 0.3) is 0 Å². The number of carbonyl (C=O) groups excluding carboxylic acids is 1. The number of fused-ring (bicyclic) bond motifs is 1. The molecular weight excluding hydrogens is 308 g/mol. The maximum absolute atomic E-state index is 12.6. The highest BCUT2D eigenvalue weighted by Gasteiger charge is 2.42. The Labute approximate surface area is 140 Å². The Hall–Kier alpha value is -2.25. The van der Waals surface area contributed by atoms with E-state index in [0.717, 1.165) is 31.6 Å². The predicted molar refractivity (Wildman–Crippen MR) is 86.0 cm³/mol. The molecule has 1 amide bonds. The number of ether oxygens (including phenoxy) is 1. The summed E-state index contributed by atoms with van der Waals surface area (Å²) in [7, 11) is 0. The lowest BCUT2D eigenvalue weighted by Gasteiger charge is -2.40. The van der Waals surface area contributed by atoms with E-state index in [0.29, 0.717) is 18.4 Å². The largest absolute Gasteiger partial charge is 0.472 e. The van der Waals surface area contributed by atoms with Gasteiger partial charge >= 0.3 is 0 Å². The Morgan fingerprint density at radius 3 is 3.17 bits per heavy atom. The molecule has 0 aliphatic carbocycles. The third-order valence-corrected chi connectivity index (χ3v) is 4.77. The molecule has 2 fully saturated rings. The Morgan fingerprint density at radius 1 is 1.42 bits per heavy atom. The van der Waals surface area contributed by atoms with Crippen LogP contribution in [0.15, 0.2) is 41.6 Å². The first-order valence-electron chi connectivity index (χ1n) is 8.23. The Kier molecular flexibility index (Phi) is 4.27. The maximum atomic E-state index is 12.6. The number of anilines is 1. The first kappa shape index (κ1) is 15.3. The van der Waals surface area contributed by atoms with Gasteiger partial charge in [0.1, 0.15) is 0 Å². The highest BCUT2D eigenvalue weighted by molar-refractivity contribution is 5.91. The number of aromatic nitrogens is 2. The molecule has 0 aromatic carbocycles. The average Bonchev–Trinajstić information content (AvgIpc) is 3.27. The van der Waals surface area contributed by atoms with E-state index in [1.54, 1.807) is 31.1 Å². The molecule has 7 heteroatoms. The van der Waals surface area contributed by atoms with E-state index in [-0.39, 0.29) is 17.9 Å². The zero-order chi connectivity index (χ0) is 16.4. The monoisotopic (exact) mass is 328 g/mol. The molecule has 2 aliphatic heterocycles. The summed E-state index contributed by atoms with van der Waals surface area (Å²) in [5, 5.41) is 2.86. The Morgan fingerprint density at radius 2 is 2.38 bits per heavy atom. The number of rotatable bonds is 4. The second kappa shape index (κ2) is 6.70. The van der Waals surface area contributed by atoms with Crippen molar-refractivity contribution in [3.05, 3.63) is 42.7 Å². The molecule has 2 aromatic rings. The van der Waals surface area contributed by atoms with Gasteiger partial charge in [-0.25, -0.2) is 4.98 Å². The van der Waals surface area contributed by atoms with Crippen molar-refractivity contribution in [2.75, 3.05) is 18.5 Å². The number of furan rings is 1. The molecule has 0 saturated carbocycles. The lowest BCUT2D eigenvalue weighted by Crippen LogP contribution is -2.51. The van der Waals surface area contributed by atoms with Crippen LogP contribution in [0.5, 0.6) is 0 Å². The molecule has 4 rings (SSSR count). The van der Waals surface area contributed by atoms with Crippen molar-refractivity contribution in [3.63, 3.8) is 0 Å². The number of nitrogens with one attached hydrogen (secondary N) is 1. The molecule has 0 unspecified atom stereocenters. The van der Waals surface area contributed by atoms with Gasteiger partial charge in [-0.05, 0) is 18.9 Å². The van der Waals surface area contributed by atoms with Crippen molar-refractivity contribution in [1.29, 1.82) is 0 Å². The van der Waals surface area contributed by atoms with Gasteiger partial charge in [0.05, 0.1) is 30.7 Å². The molecule has 24 heavy (non-hydrogen) atoms. The van der Waals surface area contributed by atoms with E-state index in [1.165, 1.54) is 0 Å². The summed E-state index contributed by atoms with van der Waals surface area (Å²) >= 11 is 0. The summed E-state index contributed by atoms with van der Waals surface area (Å²) in [4.78, 5) is 23.1. The molecule has 0 spiro atoms. The van der Waals surface area contributed by atoms with Crippen LogP contribution in [-0.4, -0.2) is 46.1 Å². The third-order valence-electron chi connectivity index (χ3n) is 4.77. The molecule has 2 saturated heterocycles. The second-order valence-corrected chi connectivity index (χ2v) is 6.34. The number of amides is 1. The molecular formula is C17H20N4O3. The van der Waals surface area contributed by atoms with Crippen LogP contribution < -0.4 is 5.32 Å². The van der Waals surface area contributed by atoms with Gasteiger partial charge in [0.2, 0.25) is 5.91 Å². The standard InChI is InChI=1S/C17H20N4O3/c22-17(20-16-8-18-3-4-19-16)13-7-15-14(2-6-24-15)21(10-13)9-12-1-5-23-11-12/h1,3-5,8,11,13-15H,2,6-7,9-10H2,(H,19,20,22)/t13-,14+,15+/m0/s1. The van der Waals surface area contributed by atoms with E-state index >= 15 is 0 Å². The minimum Gasteiger partial charge on any atom is -0.472 e. The van der Waals surface area contributed by atoms with Crippen molar-refractivity contribution in [1.82, 2.24) is 14.9 Å². The predicted octanol–water partition coefficient (Wildman–Crippen LogP) is 1.69. The number of carbonyl (C=O) groups is 1. The molecule has 7 nitrogen and oxygen atoms in total. The summed E-state index contributed by atoms with van der Waals surface area (Å²) in [6.07, 6.45) is 10.0. The maximum Gasteiger partial charge on any atom is 0.230 e. The quantitative estimate of drug-likeness (QED) is 0.920. The number of nitrogens with zero attached hydrogens (tertiary/aromatic N) is 3. The Bertz CT molecular complexity index is 676. The number of piperidine rings is 1. The van der Waals surface area contributed by atoms with Gasteiger partial charge in [0, 0.05) is 43.7 Å². The highest BCUT2D eigenvalue weighted by Crippen LogP contribution is 2.32. The normalized spacial score (nSPS) is 26.9. The van der Waals surface area contributed by atoms with Gasteiger partial charge in [-0.15, -0.1) is 0 Å². The SMILES string of the molecule is O=C(Nc1cnccn1)[C@H]1C[C@H]2OCC[C@H]2N(Cc2ccoc2)C1. The van der Waals surface area contributed by atoms with Crippen LogP contribution in [0.1, 0.15) is 18.4 Å². The molecule has 2 aromatic heterocycles. The minimum absolute atomic E-state index is 0.0263. The van der Waals surface area contributed by atoms with Crippen LogP contribution in [0.3, 0.4) is 0 Å². The zero-order valence-corrected chi connectivity index (χ0v) is 13.3. The van der Waals surface area contributed by atoms with E-state index < -0.39 is 0 Å². The first-order valence-corrected chi connectivity index (χ1v) is 8.23. The number of likely N-dealkylation sites (tertiary alicyclic amines) is 1. The summed E-state index contributed by atoms with van der Waals surface area (Å²) in [5.41, 5.74) is 1.12. The Balaban J connectivity index is 1.46. The fourth-order valence-corrected chi connectivity index (χ4v) is 3.63. The molecule has 0 bridgehead atoms. The fourth-order valence-electron chi connectivity index (χ4n) is 3.63.